The first-order valence-electron chi connectivity index (χ1n) is 5.79. The van der Waals surface area contributed by atoms with Crippen molar-refractivity contribution >= 4 is 6.09 Å². The summed E-state index contributed by atoms with van der Waals surface area (Å²) in [6.45, 7) is 6.09. The molecule has 5 nitrogen and oxygen atoms in total. The van der Waals surface area contributed by atoms with Crippen LogP contribution >= 0.6 is 0 Å². The quantitative estimate of drug-likeness (QED) is 0.425. The van der Waals surface area contributed by atoms with Gasteiger partial charge in [0.25, 0.3) is 0 Å². The fourth-order valence-corrected chi connectivity index (χ4v) is 1.55. The number of carbonyl (C=O) groups excluding carboxylic acids is 1. The second-order valence-corrected chi connectivity index (χ2v) is 5.06. The average Bonchev–Trinajstić information content (AvgIpc) is 2.41. The van der Waals surface area contributed by atoms with E-state index in [4.69, 9.17) is 15.3 Å². The van der Waals surface area contributed by atoms with Crippen molar-refractivity contribution in [2.24, 2.45) is 5.84 Å². The van der Waals surface area contributed by atoms with E-state index in [0.29, 0.717) is 6.61 Å². The lowest BCUT2D eigenvalue weighted by Gasteiger charge is -2.29. The van der Waals surface area contributed by atoms with Gasteiger partial charge in [0.2, 0.25) is 0 Å². The second kappa shape index (κ2) is 5.50. The highest BCUT2D eigenvalue weighted by molar-refractivity contribution is 5.67. The van der Waals surface area contributed by atoms with E-state index in [-0.39, 0.29) is 6.23 Å². The van der Waals surface area contributed by atoms with Gasteiger partial charge in [-0.2, -0.15) is 0 Å². The van der Waals surface area contributed by atoms with Gasteiger partial charge in [0, 0.05) is 6.61 Å². The largest absolute Gasteiger partial charge is 0.443 e. The number of rotatable bonds is 1. The molecule has 1 rings (SSSR count). The maximum atomic E-state index is 11.7. The van der Waals surface area contributed by atoms with Crippen LogP contribution in [0, 0.1) is 0 Å². The van der Waals surface area contributed by atoms with E-state index in [1.54, 1.807) is 0 Å². The van der Waals surface area contributed by atoms with E-state index in [1.165, 1.54) is 0 Å². The Morgan fingerprint density at radius 1 is 1.38 bits per heavy atom. The van der Waals surface area contributed by atoms with Crippen LogP contribution in [0.2, 0.25) is 0 Å². The molecule has 0 aromatic heterocycles. The molecule has 1 aliphatic heterocycles. The van der Waals surface area contributed by atoms with Crippen LogP contribution in [0.5, 0.6) is 0 Å². The molecule has 0 aromatic rings. The number of hydrazine groups is 1. The van der Waals surface area contributed by atoms with Crippen molar-refractivity contribution in [3.05, 3.63) is 0 Å². The minimum Gasteiger partial charge on any atom is -0.443 e. The standard InChI is InChI=1S/C11H22N2O3/c1-11(2,3)16-10(14)13(12)9-7-5-4-6-8-15-9/h9H,4-8,12H2,1-3H3. The molecule has 0 saturated carbocycles. The molecule has 0 aliphatic carbocycles. The lowest BCUT2D eigenvalue weighted by atomic mass is 10.2. The van der Waals surface area contributed by atoms with Gasteiger partial charge in [-0.25, -0.2) is 15.6 Å². The van der Waals surface area contributed by atoms with Crippen LogP contribution in [0.25, 0.3) is 0 Å². The van der Waals surface area contributed by atoms with Crippen LogP contribution in [-0.4, -0.2) is 29.5 Å². The third kappa shape index (κ3) is 4.37. The molecule has 0 bridgehead atoms. The van der Waals surface area contributed by atoms with Crippen molar-refractivity contribution in [2.45, 2.75) is 58.3 Å². The van der Waals surface area contributed by atoms with Gasteiger partial charge in [-0.15, -0.1) is 0 Å². The molecule has 1 aliphatic rings. The fourth-order valence-electron chi connectivity index (χ4n) is 1.55. The number of hydrogen-bond donors (Lipinski definition) is 1. The zero-order chi connectivity index (χ0) is 12.2. The third-order valence-corrected chi connectivity index (χ3v) is 2.32. The first-order valence-corrected chi connectivity index (χ1v) is 5.79. The van der Waals surface area contributed by atoms with Crippen LogP contribution in [0.4, 0.5) is 4.79 Å². The van der Waals surface area contributed by atoms with Crippen LogP contribution in [0.15, 0.2) is 0 Å². The van der Waals surface area contributed by atoms with Gasteiger partial charge in [-0.05, 0) is 40.0 Å². The molecule has 2 N–H and O–H groups in total. The Morgan fingerprint density at radius 2 is 2.06 bits per heavy atom. The SMILES string of the molecule is CC(C)(C)OC(=O)N(N)C1CCCCCO1. The predicted octanol–water partition coefficient (Wildman–Crippen LogP) is 2.01. The van der Waals surface area contributed by atoms with E-state index in [1.807, 2.05) is 20.8 Å². The highest BCUT2D eigenvalue weighted by Crippen LogP contribution is 2.17. The second-order valence-electron chi connectivity index (χ2n) is 5.06. The highest BCUT2D eigenvalue weighted by atomic mass is 16.6. The number of carbonyl (C=O) groups is 1. The van der Waals surface area contributed by atoms with Crippen molar-refractivity contribution in [2.75, 3.05) is 6.61 Å². The van der Waals surface area contributed by atoms with Crippen molar-refractivity contribution in [3.63, 3.8) is 0 Å². The van der Waals surface area contributed by atoms with Gasteiger partial charge in [-0.1, -0.05) is 6.42 Å². The van der Waals surface area contributed by atoms with Crippen LogP contribution < -0.4 is 5.84 Å². The van der Waals surface area contributed by atoms with E-state index in [0.717, 1.165) is 30.7 Å². The monoisotopic (exact) mass is 230 g/mol. The lowest BCUT2D eigenvalue weighted by Crippen LogP contribution is -2.48. The molecular formula is C11H22N2O3. The Kier molecular flexibility index (Phi) is 4.56. The Balaban J connectivity index is 2.48. The van der Waals surface area contributed by atoms with E-state index in [9.17, 15) is 4.79 Å². The zero-order valence-corrected chi connectivity index (χ0v) is 10.4. The van der Waals surface area contributed by atoms with E-state index in [2.05, 4.69) is 0 Å². The van der Waals surface area contributed by atoms with Crippen LogP contribution in [0.1, 0.15) is 46.5 Å². The Hall–Kier alpha value is -0.810. The molecule has 1 amide bonds. The Bertz CT molecular complexity index is 230. The van der Waals surface area contributed by atoms with Crippen LogP contribution in [0.3, 0.4) is 0 Å². The number of ether oxygens (including phenoxy) is 2. The molecule has 0 radical (unpaired) electrons. The van der Waals surface area contributed by atoms with Gasteiger partial charge in [-0.3, -0.25) is 0 Å². The molecule has 0 aromatic carbocycles. The molecule has 1 atom stereocenters. The van der Waals surface area contributed by atoms with Crippen molar-refractivity contribution < 1.29 is 14.3 Å². The number of amides is 1. The molecule has 94 valence electrons. The maximum absolute atomic E-state index is 11.7. The minimum absolute atomic E-state index is 0.350. The topological polar surface area (TPSA) is 64.8 Å². The third-order valence-electron chi connectivity index (χ3n) is 2.32. The summed E-state index contributed by atoms with van der Waals surface area (Å²) in [7, 11) is 0. The summed E-state index contributed by atoms with van der Waals surface area (Å²) in [6, 6.07) is 0. The molecule has 1 unspecified atom stereocenters. The molecule has 1 saturated heterocycles. The molecule has 1 heterocycles. The first-order chi connectivity index (χ1) is 7.40. The summed E-state index contributed by atoms with van der Waals surface area (Å²) in [5, 5.41) is 1.07. The van der Waals surface area contributed by atoms with Gasteiger partial charge in [0.15, 0.2) is 0 Å². The van der Waals surface area contributed by atoms with Gasteiger partial charge in [0.05, 0.1) is 0 Å². The normalized spacial score (nSPS) is 22.4. The summed E-state index contributed by atoms with van der Waals surface area (Å²) in [5.41, 5.74) is -0.528. The summed E-state index contributed by atoms with van der Waals surface area (Å²) in [6.07, 6.45) is 3.07. The molecule has 0 spiro atoms. The van der Waals surface area contributed by atoms with Crippen molar-refractivity contribution in [1.82, 2.24) is 5.01 Å². The summed E-state index contributed by atoms with van der Waals surface area (Å²) in [4.78, 5) is 11.7. The smallest absolute Gasteiger partial charge is 0.426 e. The summed E-state index contributed by atoms with van der Waals surface area (Å²) >= 11 is 0. The lowest BCUT2D eigenvalue weighted by molar-refractivity contribution is -0.0664. The zero-order valence-electron chi connectivity index (χ0n) is 10.4. The predicted molar refractivity (Wildman–Crippen MR) is 60.5 cm³/mol. The number of nitrogens with zero attached hydrogens (tertiary/aromatic N) is 1. The molecular weight excluding hydrogens is 208 g/mol. The van der Waals surface area contributed by atoms with Gasteiger partial charge < -0.3 is 9.47 Å². The molecule has 5 heteroatoms. The Morgan fingerprint density at radius 3 is 2.69 bits per heavy atom. The minimum atomic E-state index is -0.528. The van der Waals surface area contributed by atoms with Gasteiger partial charge in [0.1, 0.15) is 11.8 Å². The fraction of sp³-hybridized carbons (Fsp3) is 0.909. The summed E-state index contributed by atoms with van der Waals surface area (Å²) < 4.78 is 10.7. The van der Waals surface area contributed by atoms with Gasteiger partial charge >= 0.3 is 6.09 Å². The van der Waals surface area contributed by atoms with E-state index >= 15 is 0 Å². The van der Waals surface area contributed by atoms with Crippen LogP contribution in [-0.2, 0) is 9.47 Å². The highest BCUT2D eigenvalue weighted by Gasteiger charge is 2.27. The van der Waals surface area contributed by atoms with Crippen molar-refractivity contribution in [3.8, 4) is 0 Å². The Labute approximate surface area is 96.8 Å². The number of hydrogen-bond acceptors (Lipinski definition) is 4. The number of nitrogens with two attached hydrogens (primary N) is 1. The van der Waals surface area contributed by atoms with E-state index < -0.39 is 11.7 Å². The average molecular weight is 230 g/mol. The first kappa shape index (κ1) is 13.3. The maximum Gasteiger partial charge on any atom is 0.426 e. The van der Waals surface area contributed by atoms with Crippen molar-refractivity contribution in [1.29, 1.82) is 0 Å². The summed E-state index contributed by atoms with van der Waals surface area (Å²) in [5.74, 6) is 5.70. The molecule has 1 fully saturated rings. The molecule has 16 heavy (non-hydrogen) atoms.